The largest absolute Gasteiger partial charge is 0.460 e. The van der Waals surface area contributed by atoms with Gasteiger partial charge in [0.25, 0.3) is 0 Å². The van der Waals surface area contributed by atoms with Crippen LogP contribution in [0.5, 0.6) is 11.5 Å². The van der Waals surface area contributed by atoms with Crippen molar-refractivity contribution in [2.75, 3.05) is 6.79 Å². The van der Waals surface area contributed by atoms with Gasteiger partial charge in [0.1, 0.15) is 5.75 Å². The Balaban J connectivity index is 1.58. The first-order chi connectivity index (χ1) is 13.3. The SMILES string of the molecule is [2H][C@@]1(c2ccc3c(c2)OCO3)OC(N)=C(OS(=O)(=O)Cc2ccccc2)C1=O. The molecule has 140 valence electrons. The van der Waals surface area contributed by atoms with Crippen molar-refractivity contribution in [2.24, 2.45) is 5.73 Å². The van der Waals surface area contributed by atoms with Crippen LogP contribution in [0, 0.1) is 0 Å². The van der Waals surface area contributed by atoms with Gasteiger partial charge in [-0.1, -0.05) is 36.4 Å². The molecule has 2 aromatic rings. The zero-order valence-corrected chi connectivity index (χ0v) is 14.7. The first kappa shape index (κ1) is 16.0. The van der Waals surface area contributed by atoms with Gasteiger partial charge in [0, 0.05) is 5.56 Å². The zero-order valence-electron chi connectivity index (χ0n) is 14.9. The molecule has 0 saturated carbocycles. The second-order valence-corrected chi connectivity index (χ2v) is 7.36. The number of carbonyl (C=O) groups is 1. The van der Waals surface area contributed by atoms with Crippen LogP contribution in [0.15, 0.2) is 60.2 Å². The van der Waals surface area contributed by atoms with E-state index in [1.54, 1.807) is 30.3 Å². The second-order valence-electron chi connectivity index (χ2n) is 5.79. The summed E-state index contributed by atoms with van der Waals surface area (Å²) in [5, 5.41) is 0. The number of hydrogen-bond donors (Lipinski definition) is 1. The highest BCUT2D eigenvalue weighted by Gasteiger charge is 2.40. The number of hydrogen-bond acceptors (Lipinski definition) is 8. The summed E-state index contributed by atoms with van der Waals surface area (Å²) in [6.07, 6.45) is -2.29. The Morgan fingerprint density at radius 2 is 1.89 bits per heavy atom. The third-order valence-corrected chi connectivity index (χ3v) is 4.99. The Morgan fingerprint density at radius 3 is 2.67 bits per heavy atom. The zero-order chi connectivity index (χ0) is 19.9. The van der Waals surface area contributed by atoms with Crippen LogP contribution in [-0.4, -0.2) is 21.0 Å². The van der Waals surface area contributed by atoms with Crippen LogP contribution in [0.4, 0.5) is 0 Å². The van der Waals surface area contributed by atoms with Gasteiger partial charge in [0.05, 0.1) is 1.37 Å². The van der Waals surface area contributed by atoms with E-state index in [2.05, 4.69) is 0 Å². The normalized spacial score (nSPS) is 21.8. The Hall–Kier alpha value is -3.20. The molecule has 0 aromatic heterocycles. The fraction of sp³-hybridized carbons (Fsp3) is 0.167. The van der Waals surface area contributed by atoms with Crippen molar-refractivity contribution in [3.05, 3.63) is 71.3 Å². The molecule has 27 heavy (non-hydrogen) atoms. The van der Waals surface area contributed by atoms with Crippen LogP contribution in [0.3, 0.4) is 0 Å². The lowest BCUT2D eigenvalue weighted by Gasteiger charge is -2.10. The van der Waals surface area contributed by atoms with E-state index in [0.717, 1.165) is 0 Å². The highest BCUT2D eigenvalue weighted by atomic mass is 32.2. The van der Waals surface area contributed by atoms with Crippen molar-refractivity contribution in [1.82, 2.24) is 0 Å². The Kier molecular flexibility index (Phi) is 3.86. The number of ketones is 1. The molecule has 0 aliphatic carbocycles. The van der Waals surface area contributed by atoms with Crippen molar-refractivity contribution in [3.8, 4) is 11.5 Å². The molecule has 0 unspecified atom stereocenters. The fourth-order valence-corrected chi connectivity index (χ4v) is 3.73. The standard InChI is InChI=1S/C18H15NO7S/c19-18-17(26-27(21,22)9-11-4-2-1-3-5-11)15(20)16(25-18)12-6-7-13-14(8-12)24-10-23-13/h1-8,16H,9-10,19H2/t16-/m0/s1/i16D. The van der Waals surface area contributed by atoms with Gasteiger partial charge < -0.3 is 24.1 Å². The van der Waals surface area contributed by atoms with Gasteiger partial charge in [0.15, 0.2) is 17.6 Å². The highest BCUT2D eigenvalue weighted by Crippen LogP contribution is 2.38. The monoisotopic (exact) mass is 390 g/mol. The lowest BCUT2D eigenvalue weighted by atomic mass is 10.1. The molecular formula is C18H15NO7S. The minimum Gasteiger partial charge on any atom is -0.460 e. The van der Waals surface area contributed by atoms with Crippen LogP contribution < -0.4 is 15.2 Å². The van der Waals surface area contributed by atoms with Crippen LogP contribution in [-0.2, 0) is 29.6 Å². The summed E-state index contributed by atoms with van der Waals surface area (Å²) in [5.41, 5.74) is 6.24. The molecule has 2 aromatic carbocycles. The van der Waals surface area contributed by atoms with E-state index >= 15 is 0 Å². The summed E-state index contributed by atoms with van der Waals surface area (Å²) in [6, 6.07) is 12.7. The number of benzene rings is 2. The van der Waals surface area contributed by atoms with Crippen molar-refractivity contribution in [2.45, 2.75) is 11.8 Å². The molecule has 2 aliphatic rings. The molecule has 1 atom stereocenters. The van der Waals surface area contributed by atoms with Crippen LogP contribution in [0.25, 0.3) is 0 Å². The molecule has 2 heterocycles. The molecule has 0 fully saturated rings. The lowest BCUT2D eigenvalue weighted by Crippen LogP contribution is -2.16. The van der Waals surface area contributed by atoms with Gasteiger partial charge in [-0.3, -0.25) is 4.79 Å². The first-order valence-electron chi connectivity index (χ1n) is 8.38. The van der Waals surface area contributed by atoms with Gasteiger partial charge in [0.2, 0.25) is 24.2 Å². The molecule has 4 rings (SSSR count). The maximum Gasteiger partial charge on any atom is 0.313 e. The van der Waals surface area contributed by atoms with E-state index in [1.807, 2.05) is 0 Å². The predicted molar refractivity (Wildman–Crippen MR) is 92.8 cm³/mol. The number of nitrogens with two attached hydrogens (primary N) is 1. The number of Topliss-reactive ketones (excluding diaryl/α,β-unsaturated/α-hetero) is 1. The van der Waals surface area contributed by atoms with E-state index in [-0.39, 0.29) is 12.4 Å². The van der Waals surface area contributed by atoms with Crippen LogP contribution in [0.2, 0.25) is 0 Å². The Labute approximate surface area is 156 Å². The van der Waals surface area contributed by atoms with E-state index in [4.69, 9.17) is 25.5 Å². The molecule has 2 aliphatic heterocycles. The Morgan fingerprint density at radius 1 is 1.15 bits per heavy atom. The van der Waals surface area contributed by atoms with Gasteiger partial charge in [-0.15, -0.1) is 0 Å². The van der Waals surface area contributed by atoms with Crippen LogP contribution in [0.1, 0.15) is 18.6 Å². The minimum atomic E-state index is -4.19. The summed E-state index contributed by atoms with van der Waals surface area (Å²) >= 11 is 0. The third kappa shape index (κ3) is 3.41. The molecule has 0 amide bonds. The maximum absolute atomic E-state index is 12.8. The molecule has 0 spiro atoms. The van der Waals surface area contributed by atoms with Crippen molar-refractivity contribution < 1.29 is 33.0 Å². The van der Waals surface area contributed by atoms with Crippen molar-refractivity contribution >= 4 is 15.9 Å². The molecular weight excluding hydrogens is 374 g/mol. The van der Waals surface area contributed by atoms with E-state index in [1.165, 1.54) is 18.2 Å². The predicted octanol–water partition coefficient (Wildman–Crippen LogP) is 1.73. The number of ether oxygens (including phenoxy) is 3. The van der Waals surface area contributed by atoms with Crippen molar-refractivity contribution in [3.63, 3.8) is 0 Å². The molecule has 8 nitrogen and oxygen atoms in total. The summed E-state index contributed by atoms with van der Waals surface area (Å²) in [6.45, 7) is 0.0189. The van der Waals surface area contributed by atoms with Gasteiger partial charge in [-0.2, -0.15) is 8.42 Å². The lowest BCUT2D eigenvalue weighted by molar-refractivity contribution is -0.123. The average Bonchev–Trinajstić information content (AvgIpc) is 3.20. The second kappa shape index (κ2) is 6.51. The summed E-state index contributed by atoms with van der Waals surface area (Å²) in [4.78, 5) is 12.8. The smallest absolute Gasteiger partial charge is 0.313 e. The van der Waals surface area contributed by atoms with Gasteiger partial charge in [-0.05, 0) is 17.7 Å². The third-order valence-electron chi connectivity index (χ3n) is 3.88. The molecule has 0 saturated heterocycles. The number of carbonyl (C=O) groups excluding carboxylic acids is 1. The minimum absolute atomic E-state index is 0.0189. The highest BCUT2D eigenvalue weighted by molar-refractivity contribution is 7.86. The first-order valence-corrected chi connectivity index (χ1v) is 9.46. The van der Waals surface area contributed by atoms with Crippen LogP contribution >= 0.6 is 0 Å². The van der Waals surface area contributed by atoms with E-state index in [0.29, 0.717) is 17.1 Å². The van der Waals surface area contributed by atoms with E-state index < -0.39 is 39.4 Å². The fourth-order valence-electron chi connectivity index (χ4n) is 2.66. The van der Waals surface area contributed by atoms with E-state index in [9.17, 15) is 13.2 Å². The number of fused-ring (bicyclic) bond motifs is 1. The maximum atomic E-state index is 12.8. The molecule has 9 heteroatoms. The quantitative estimate of drug-likeness (QED) is 0.768. The molecule has 0 radical (unpaired) electrons. The molecule has 2 N–H and O–H groups in total. The summed E-state index contributed by atoms with van der Waals surface area (Å²) in [7, 11) is -4.19. The Bertz CT molecular complexity index is 1080. The summed E-state index contributed by atoms with van der Waals surface area (Å²) in [5.74, 6) is -1.99. The van der Waals surface area contributed by atoms with Gasteiger partial charge in [-0.25, -0.2) is 0 Å². The average molecular weight is 390 g/mol. The number of rotatable bonds is 5. The van der Waals surface area contributed by atoms with Crippen molar-refractivity contribution in [1.29, 1.82) is 0 Å². The van der Waals surface area contributed by atoms with Gasteiger partial charge >= 0.3 is 10.1 Å². The summed E-state index contributed by atoms with van der Waals surface area (Å²) < 4.78 is 53.6. The molecule has 0 bridgehead atoms. The topological polar surface area (TPSA) is 114 Å².